The number of nitrogens with one attached hydrogen (secondary N) is 2. The predicted octanol–water partition coefficient (Wildman–Crippen LogP) is 3.04. The summed E-state index contributed by atoms with van der Waals surface area (Å²) in [6, 6.07) is 14.6. The fourth-order valence-corrected chi connectivity index (χ4v) is 2.35. The van der Waals surface area contributed by atoms with Crippen molar-refractivity contribution in [3.8, 4) is 0 Å². The van der Waals surface area contributed by atoms with E-state index in [9.17, 15) is 0 Å². The second-order valence-electron chi connectivity index (χ2n) is 4.90. The molecule has 2 rings (SSSR count). The number of rotatable bonds is 4. The summed E-state index contributed by atoms with van der Waals surface area (Å²) in [6.07, 6.45) is 3.59. The molecule has 0 spiro atoms. The fourth-order valence-electron chi connectivity index (χ4n) is 2.00. The average molecular weight is 285 g/mol. The van der Waals surface area contributed by atoms with Crippen LogP contribution < -0.4 is 10.6 Å². The van der Waals surface area contributed by atoms with Crippen molar-refractivity contribution in [2.45, 2.75) is 25.9 Å². The molecule has 2 N–H and O–H groups in total. The van der Waals surface area contributed by atoms with Gasteiger partial charge in [-0.25, -0.2) is 0 Å². The van der Waals surface area contributed by atoms with Gasteiger partial charge in [-0.3, -0.25) is 4.98 Å². The maximum absolute atomic E-state index is 5.37. The molecule has 0 aliphatic carbocycles. The maximum Gasteiger partial charge on any atom is 0.167 e. The van der Waals surface area contributed by atoms with Gasteiger partial charge in [0.05, 0.1) is 6.04 Å². The zero-order valence-electron chi connectivity index (χ0n) is 11.7. The second kappa shape index (κ2) is 7.01. The van der Waals surface area contributed by atoms with Crippen LogP contribution in [0.2, 0.25) is 0 Å². The zero-order valence-corrected chi connectivity index (χ0v) is 12.5. The molecule has 0 aliphatic heterocycles. The molecule has 1 aromatic heterocycles. The van der Waals surface area contributed by atoms with Crippen LogP contribution in [0, 0.1) is 0 Å². The van der Waals surface area contributed by atoms with Crippen LogP contribution in [0.3, 0.4) is 0 Å². The van der Waals surface area contributed by atoms with Crippen molar-refractivity contribution in [3.05, 3.63) is 66.0 Å². The van der Waals surface area contributed by atoms with Gasteiger partial charge in [-0.05, 0) is 49.3 Å². The normalized spacial score (nSPS) is 11.9. The molecule has 0 unspecified atom stereocenters. The van der Waals surface area contributed by atoms with Crippen molar-refractivity contribution in [2.24, 2.45) is 0 Å². The highest BCUT2D eigenvalue weighted by Crippen LogP contribution is 2.21. The van der Waals surface area contributed by atoms with Crippen LogP contribution in [-0.4, -0.2) is 16.1 Å². The number of pyridine rings is 1. The highest BCUT2D eigenvalue weighted by atomic mass is 32.1. The molecule has 3 nitrogen and oxygen atoms in total. The fraction of sp³-hybridized carbons (Fsp3) is 0.250. The summed E-state index contributed by atoms with van der Waals surface area (Å²) in [4.78, 5) is 4.07. The molecule has 0 amide bonds. The van der Waals surface area contributed by atoms with Crippen molar-refractivity contribution < 1.29 is 0 Å². The van der Waals surface area contributed by atoms with Crippen LogP contribution >= 0.6 is 12.2 Å². The first-order chi connectivity index (χ1) is 9.66. The van der Waals surface area contributed by atoms with Gasteiger partial charge in [-0.1, -0.05) is 30.3 Å². The minimum absolute atomic E-state index is 0.0259. The van der Waals surface area contributed by atoms with E-state index < -0.39 is 0 Å². The third-order valence-corrected chi connectivity index (χ3v) is 3.10. The molecule has 104 valence electrons. The Labute approximate surface area is 125 Å². The molecule has 0 saturated carbocycles. The van der Waals surface area contributed by atoms with Crippen molar-refractivity contribution >= 4 is 17.3 Å². The minimum Gasteiger partial charge on any atom is -0.361 e. The first kappa shape index (κ1) is 14.5. The number of benzene rings is 1. The molecule has 0 bridgehead atoms. The summed E-state index contributed by atoms with van der Waals surface area (Å²) >= 11 is 5.37. The number of hydrogen-bond acceptors (Lipinski definition) is 2. The van der Waals surface area contributed by atoms with Gasteiger partial charge >= 0.3 is 0 Å². The van der Waals surface area contributed by atoms with Crippen LogP contribution in [0.1, 0.15) is 31.0 Å². The van der Waals surface area contributed by atoms with Gasteiger partial charge in [0.25, 0.3) is 0 Å². The summed E-state index contributed by atoms with van der Waals surface area (Å²) < 4.78 is 0. The molecule has 0 saturated heterocycles. The SMILES string of the molecule is CC(C)NC(=S)N[C@@H](c1ccccc1)c1ccncc1. The Morgan fingerprint density at radius 1 is 0.950 bits per heavy atom. The zero-order chi connectivity index (χ0) is 14.4. The molecule has 0 fully saturated rings. The largest absolute Gasteiger partial charge is 0.361 e. The molecule has 1 atom stereocenters. The number of nitrogens with zero attached hydrogens (tertiary/aromatic N) is 1. The maximum atomic E-state index is 5.37. The predicted molar refractivity (Wildman–Crippen MR) is 86.5 cm³/mol. The highest BCUT2D eigenvalue weighted by molar-refractivity contribution is 7.80. The molecule has 1 heterocycles. The molecule has 2 aromatic rings. The minimum atomic E-state index is 0.0259. The average Bonchev–Trinajstić information content (AvgIpc) is 2.46. The van der Waals surface area contributed by atoms with Crippen molar-refractivity contribution in [3.63, 3.8) is 0 Å². The Balaban J connectivity index is 2.24. The monoisotopic (exact) mass is 285 g/mol. The Morgan fingerprint density at radius 2 is 1.55 bits per heavy atom. The lowest BCUT2D eigenvalue weighted by Crippen LogP contribution is -2.41. The first-order valence-corrected chi connectivity index (χ1v) is 7.09. The molecular weight excluding hydrogens is 266 g/mol. The summed E-state index contributed by atoms with van der Waals surface area (Å²) in [6.45, 7) is 4.13. The highest BCUT2D eigenvalue weighted by Gasteiger charge is 2.14. The molecule has 20 heavy (non-hydrogen) atoms. The van der Waals surface area contributed by atoms with Gasteiger partial charge in [0.2, 0.25) is 0 Å². The Kier molecular flexibility index (Phi) is 5.07. The first-order valence-electron chi connectivity index (χ1n) is 6.68. The van der Waals surface area contributed by atoms with Gasteiger partial charge in [-0.2, -0.15) is 0 Å². The van der Waals surface area contributed by atoms with E-state index >= 15 is 0 Å². The summed E-state index contributed by atoms with van der Waals surface area (Å²) in [7, 11) is 0. The van der Waals surface area contributed by atoms with Crippen molar-refractivity contribution in [1.29, 1.82) is 0 Å². The molecule has 4 heteroatoms. The van der Waals surface area contributed by atoms with E-state index in [4.69, 9.17) is 12.2 Å². The van der Waals surface area contributed by atoms with E-state index in [1.54, 1.807) is 12.4 Å². The lowest BCUT2D eigenvalue weighted by molar-refractivity contribution is 0.683. The van der Waals surface area contributed by atoms with Gasteiger partial charge < -0.3 is 10.6 Å². The quantitative estimate of drug-likeness (QED) is 0.847. The van der Waals surface area contributed by atoms with E-state index in [-0.39, 0.29) is 6.04 Å². The van der Waals surface area contributed by atoms with Crippen LogP contribution in [0.5, 0.6) is 0 Å². The number of aromatic nitrogens is 1. The van der Waals surface area contributed by atoms with Crippen molar-refractivity contribution in [2.75, 3.05) is 0 Å². The van der Waals surface area contributed by atoms with Gasteiger partial charge in [0, 0.05) is 18.4 Å². The van der Waals surface area contributed by atoms with Crippen LogP contribution in [0.25, 0.3) is 0 Å². The van der Waals surface area contributed by atoms with Crippen molar-refractivity contribution in [1.82, 2.24) is 15.6 Å². The Bertz CT molecular complexity index is 501. The van der Waals surface area contributed by atoms with E-state index in [0.29, 0.717) is 11.2 Å². The van der Waals surface area contributed by atoms with Crippen LogP contribution in [0.15, 0.2) is 54.9 Å². The van der Waals surface area contributed by atoms with Gasteiger partial charge in [0.15, 0.2) is 5.11 Å². The van der Waals surface area contributed by atoms with E-state index in [2.05, 4.69) is 41.6 Å². The number of hydrogen-bond donors (Lipinski definition) is 2. The molecular formula is C16H19N3S. The summed E-state index contributed by atoms with van der Waals surface area (Å²) in [5.41, 5.74) is 2.31. The molecule has 0 aliphatic rings. The third kappa shape index (κ3) is 4.03. The van der Waals surface area contributed by atoms with E-state index in [0.717, 1.165) is 5.56 Å². The van der Waals surface area contributed by atoms with E-state index in [1.807, 2.05) is 30.3 Å². The standard InChI is InChI=1S/C16H19N3S/c1-12(2)18-16(20)19-15(13-6-4-3-5-7-13)14-8-10-17-11-9-14/h3-12,15H,1-2H3,(H2,18,19,20)/t15-/m0/s1. The summed E-state index contributed by atoms with van der Waals surface area (Å²) in [5, 5.41) is 7.25. The van der Waals surface area contributed by atoms with Crippen LogP contribution in [0.4, 0.5) is 0 Å². The topological polar surface area (TPSA) is 37.0 Å². The molecule has 0 radical (unpaired) electrons. The summed E-state index contributed by atoms with van der Waals surface area (Å²) in [5.74, 6) is 0. The van der Waals surface area contributed by atoms with Gasteiger partial charge in [-0.15, -0.1) is 0 Å². The lowest BCUT2D eigenvalue weighted by atomic mass is 10.00. The van der Waals surface area contributed by atoms with E-state index in [1.165, 1.54) is 5.56 Å². The van der Waals surface area contributed by atoms with Crippen LogP contribution in [-0.2, 0) is 0 Å². The lowest BCUT2D eigenvalue weighted by Gasteiger charge is -2.22. The Hall–Kier alpha value is -1.94. The smallest absolute Gasteiger partial charge is 0.167 e. The second-order valence-corrected chi connectivity index (χ2v) is 5.30. The molecule has 1 aromatic carbocycles. The Morgan fingerprint density at radius 3 is 2.15 bits per heavy atom. The number of thiocarbonyl (C=S) groups is 1. The van der Waals surface area contributed by atoms with Gasteiger partial charge in [0.1, 0.15) is 0 Å². The third-order valence-electron chi connectivity index (χ3n) is 2.87.